The summed E-state index contributed by atoms with van der Waals surface area (Å²) < 4.78 is 10.6. The van der Waals surface area contributed by atoms with Gasteiger partial charge in [0.05, 0.1) is 25.2 Å². The maximum absolute atomic E-state index is 13.5. The van der Waals surface area contributed by atoms with Gasteiger partial charge in [-0.15, -0.1) is 11.8 Å². The Kier molecular flexibility index (Phi) is 8.33. The summed E-state index contributed by atoms with van der Waals surface area (Å²) in [6.45, 7) is 2.04. The number of likely N-dealkylation sites (N-methyl/N-ethyl adjacent to an activating group) is 1. The van der Waals surface area contributed by atoms with Crippen molar-refractivity contribution in [1.29, 1.82) is 0 Å². The van der Waals surface area contributed by atoms with Crippen LogP contribution in [0.4, 0.5) is 5.69 Å². The fraction of sp³-hybridized carbons (Fsp3) is 0.321. The molecule has 1 heterocycles. The van der Waals surface area contributed by atoms with E-state index in [1.165, 1.54) is 17.3 Å². The predicted molar refractivity (Wildman–Crippen MR) is 141 cm³/mol. The summed E-state index contributed by atoms with van der Waals surface area (Å²) in [5.74, 6) is 1.33. The molecule has 0 saturated heterocycles. The Morgan fingerprint density at radius 1 is 0.943 bits per heavy atom. The van der Waals surface area contributed by atoms with Crippen LogP contribution in [0.3, 0.4) is 0 Å². The largest absolute Gasteiger partial charge is 0.497 e. The van der Waals surface area contributed by atoms with Gasteiger partial charge in [-0.3, -0.25) is 4.79 Å². The van der Waals surface area contributed by atoms with Crippen molar-refractivity contribution in [2.45, 2.75) is 22.7 Å². The van der Waals surface area contributed by atoms with E-state index in [2.05, 4.69) is 24.1 Å². The SMILES string of the molecule is COc1ccc(C2Sc3ccccc3N(CCN(C)CCc3cccc(OC)c3)C(=O)C2O)cc1. The van der Waals surface area contributed by atoms with Crippen LogP contribution in [0.2, 0.25) is 0 Å². The van der Waals surface area contributed by atoms with Crippen molar-refractivity contribution in [2.24, 2.45) is 0 Å². The number of amides is 1. The molecule has 2 unspecified atom stereocenters. The molecule has 3 aromatic rings. The molecule has 0 aromatic heterocycles. The average molecular weight is 493 g/mol. The zero-order valence-corrected chi connectivity index (χ0v) is 21.2. The van der Waals surface area contributed by atoms with Crippen LogP contribution in [0, 0.1) is 0 Å². The lowest BCUT2D eigenvalue weighted by atomic mass is 10.1. The lowest BCUT2D eigenvalue weighted by Gasteiger charge is -2.27. The number of benzene rings is 3. The van der Waals surface area contributed by atoms with E-state index in [4.69, 9.17) is 9.47 Å². The molecular weight excluding hydrogens is 460 g/mol. The number of para-hydroxylation sites is 1. The number of nitrogens with zero attached hydrogens (tertiary/aromatic N) is 2. The Hall–Kier alpha value is -3.00. The number of hydrogen-bond donors (Lipinski definition) is 1. The Morgan fingerprint density at radius 3 is 2.43 bits per heavy atom. The molecule has 0 bridgehead atoms. The molecule has 184 valence electrons. The Bertz CT molecular complexity index is 1140. The number of rotatable bonds is 9. The van der Waals surface area contributed by atoms with Gasteiger partial charge < -0.3 is 24.4 Å². The Morgan fingerprint density at radius 2 is 1.69 bits per heavy atom. The van der Waals surface area contributed by atoms with Gasteiger partial charge in [-0.05, 0) is 61.0 Å². The summed E-state index contributed by atoms with van der Waals surface area (Å²) in [6, 6.07) is 23.5. The first kappa shape index (κ1) is 25.1. The van der Waals surface area contributed by atoms with Crippen LogP contribution in [0.1, 0.15) is 16.4 Å². The van der Waals surface area contributed by atoms with Crippen molar-refractivity contribution < 1.29 is 19.4 Å². The lowest BCUT2D eigenvalue weighted by Crippen LogP contribution is -2.44. The fourth-order valence-corrected chi connectivity index (χ4v) is 5.46. The number of aliphatic hydroxyl groups excluding tert-OH is 1. The van der Waals surface area contributed by atoms with Crippen molar-refractivity contribution in [1.82, 2.24) is 4.90 Å². The second-order valence-electron chi connectivity index (χ2n) is 8.62. The maximum Gasteiger partial charge on any atom is 0.257 e. The number of ether oxygens (including phenoxy) is 2. The smallest absolute Gasteiger partial charge is 0.257 e. The third-order valence-electron chi connectivity index (χ3n) is 6.28. The highest BCUT2D eigenvalue weighted by molar-refractivity contribution is 7.99. The highest BCUT2D eigenvalue weighted by Gasteiger charge is 2.37. The van der Waals surface area contributed by atoms with E-state index in [0.717, 1.165) is 40.6 Å². The van der Waals surface area contributed by atoms with Crippen LogP contribution >= 0.6 is 11.8 Å². The lowest BCUT2D eigenvalue weighted by molar-refractivity contribution is -0.126. The first-order chi connectivity index (χ1) is 17.0. The van der Waals surface area contributed by atoms with Crippen molar-refractivity contribution in [3.63, 3.8) is 0 Å². The van der Waals surface area contributed by atoms with E-state index in [0.29, 0.717) is 13.1 Å². The molecule has 4 rings (SSSR count). The molecule has 3 aromatic carbocycles. The molecule has 35 heavy (non-hydrogen) atoms. The van der Waals surface area contributed by atoms with E-state index in [1.807, 2.05) is 60.7 Å². The van der Waals surface area contributed by atoms with Crippen LogP contribution in [-0.4, -0.2) is 62.9 Å². The number of anilines is 1. The van der Waals surface area contributed by atoms with Crippen LogP contribution in [0.5, 0.6) is 11.5 Å². The molecule has 1 aliphatic heterocycles. The molecule has 0 saturated carbocycles. The minimum absolute atomic E-state index is 0.274. The number of thioether (sulfide) groups is 1. The minimum atomic E-state index is -1.15. The maximum atomic E-state index is 13.5. The third kappa shape index (κ3) is 5.99. The molecule has 7 heteroatoms. The molecule has 6 nitrogen and oxygen atoms in total. The highest BCUT2D eigenvalue weighted by atomic mass is 32.2. The quantitative estimate of drug-likeness (QED) is 0.477. The van der Waals surface area contributed by atoms with Crippen LogP contribution < -0.4 is 14.4 Å². The van der Waals surface area contributed by atoms with Crippen LogP contribution in [0.15, 0.2) is 77.7 Å². The van der Waals surface area contributed by atoms with Gasteiger partial charge in [0, 0.05) is 24.5 Å². The zero-order chi connectivity index (χ0) is 24.8. The molecule has 1 amide bonds. The van der Waals surface area contributed by atoms with Gasteiger partial charge in [0.1, 0.15) is 17.6 Å². The Labute approximate surface area is 211 Å². The third-order valence-corrected chi connectivity index (χ3v) is 7.66. The van der Waals surface area contributed by atoms with E-state index in [9.17, 15) is 9.90 Å². The molecule has 1 aliphatic rings. The number of hydrogen-bond acceptors (Lipinski definition) is 6. The minimum Gasteiger partial charge on any atom is -0.497 e. The van der Waals surface area contributed by atoms with Crippen molar-refractivity contribution in [3.05, 3.63) is 83.9 Å². The Balaban J connectivity index is 1.47. The van der Waals surface area contributed by atoms with E-state index in [-0.39, 0.29) is 5.91 Å². The zero-order valence-electron chi connectivity index (χ0n) is 20.4. The van der Waals surface area contributed by atoms with E-state index < -0.39 is 11.4 Å². The van der Waals surface area contributed by atoms with Crippen LogP contribution in [0.25, 0.3) is 0 Å². The topological polar surface area (TPSA) is 62.2 Å². The molecule has 0 radical (unpaired) electrons. The monoisotopic (exact) mass is 492 g/mol. The fourth-order valence-electron chi connectivity index (χ4n) is 4.19. The summed E-state index contributed by atoms with van der Waals surface area (Å²) >= 11 is 1.53. The number of carbonyl (C=O) groups is 1. The van der Waals surface area contributed by atoms with Crippen molar-refractivity contribution >= 4 is 23.4 Å². The summed E-state index contributed by atoms with van der Waals surface area (Å²) in [5, 5.41) is 10.7. The second-order valence-corrected chi connectivity index (χ2v) is 9.80. The van der Waals surface area contributed by atoms with Gasteiger partial charge in [-0.2, -0.15) is 0 Å². The first-order valence-corrected chi connectivity index (χ1v) is 12.6. The van der Waals surface area contributed by atoms with Gasteiger partial charge in [0.15, 0.2) is 0 Å². The molecule has 2 atom stereocenters. The molecule has 0 fully saturated rings. The average Bonchev–Trinajstić information content (AvgIpc) is 3.00. The summed E-state index contributed by atoms with van der Waals surface area (Å²) in [6.07, 6.45) is -0.265. The van der Waals surface area contributed by atoms with E-state index >= 15 is 0 Å². The summed E-state index contributed by atoms with van der Waals surface area (Å²) in [5.41, 5.74) is 2.95. The summed E-state index contributed by atoms with van der Waals surface area (Å²) in [7, 11) is 5.35. The second kappa shape index (κ2) is 11.6. The van der Waals surface area contributed by atoms with Gasteiger partial charge in [0.25, 0.3) is 5.91 Å². The van der Waals surface area contributed by atoms with Crippen molar-refractivity contribution in [3.8, 4) is 11.5 Å². The summed E-state index contributed by atoms with van der Waals surface area (Å²) in [4.78, 5) is 18.4. The van der Waals surface area contributed by atoms with Gasteiger partial charge in [0.2, 0.25) is 0 Å². The molecule has 0 spiro atoms. The predicted octanol–water partition coefficient (Wildman–Crippen LogP) is 4.42. The molecule has 0 aliphatic carbocycles. The van der Waals surface area contributed by atoms with Crippen LogP contribution in [-0.2, 0) is 11.2 Å². The number of methoxy groups -OCH3 is 2. The highest BCUT2D eigenvalue weighted by Crippen LogP contribution is 2.45. The number of fused-ring (bicyclic) bond motifs is 1. The molecular formula is C28H32N2O4S. The standard InChI is InChI=1S/C28H32N2O4S/c1-29(16-15-20-7-6-8-23(19-20)34-3)17-18-30-24-9-4-5-10-25(24)35-27(26(31)28(30)32)21-11-13-22(33-2)14-12-21/h4-14,19,26-27,31H,15-18H2,1-3H3. The molecule has 1 N–H and O–H groups in total. The van der Waals surface area contributed by atoms with E-state index in [1.54, 1.807) is 19.1 Å². The number of carbonyl (C=O) groups excluding carboxylic acids is 1. The van der Waals surface area contributed by atoms with Gasteiger partial charge in [-0.1, -0.05) is 36.4 Å². The normalized spacial score (nSPS) is 17.7. The van der Waals surface area contributed by atoms with Gasteiger partial charge >= 0.3 is 0 Å². The van der Waals surface area contributed by atoms with Gasteiger partial charge in [-0.25, -0.2) is 0 Å². The number of aliphatic hydroxyl groups is 1. The first-order valence-electron chi connectivity index (χ1n) is 11.7. The van der Waals surface area contributed by atoms with Crippen molar-refractivity contribution in [2.75, 3.05) is 45.8 Å².